The average molecular weight is 599 g/mol. The summed E-state index contributed by atoms with van der Waals surface area (Å²) in [4.78, 5) is 12.2. The SMILES string of the molecule is CCCCCCCCCCCCCCCCCCSCC(CO)OC(=O)CCCCCCCCCCCCCCC. The Kier molecular flexibility index (Phi) is 35.8. The second-order valence-electron chi connectivity index (χ2n) is 12.7. The number of rotatable bonds is 35. The third kappa shape index (κ3) is 34.1. The number of hydrogen-bond donors (Lipinski definition) is 1. The van der Waals surface area contributed by atoms with E-state index in [9.17, 15) is 9.90 Å². The minimum absolute atomic E-state index is 0.0592. The van der Waals surface area contributed by atoms with Crippen LogP contribution in [0.1, 0.15) is 206 Å². The summed E-state index contributed by atoms with van der Waals surface area (Å²) >= 11 is 1.82. The van der Waals surface area contributed by atoms with Gasteiger partial charge in [-0.1, -0.05) is 187 Å². The molecule has 0 saturated carbocycles. The zero-order valence-electron chi connectivity index (χ0n) is 28.1. The van der Waals surface area contributed by atoms with Crippen molar-refractivity contribution in [2.75, 3.05) is 18.1 Å². The van der Waals surface area contributed by atoms with Crippen LogP contribution in [0, 0.1) is 0 Å². The topological polar surface area (TPSA) is 46.5 Å². The van der Waals surface area contributed by atoms with Crippen LogP contribution in [0.15, 0.2) is 0 Å². The van der Waals surface area contributed by atoms with Crippen LogP contribution in [0.2, 0.25) is 0 Å². The molecule has 0 saturated heterocycles. The predicted octanol–water partition coefficient (Wildman–Crippen LogP) is 12.4. The molecule has 0 aromatic heterocycles. The lowest BCUT2D eigenvalue weighted by Gasteiger charge is -2.15. The first kappa shape index (κ1) is 40.8. The summed E-state index contributed by atoms with van der Waals surface area (Å²) < 4.78 is 5.53. The number of carbonyl (C=O) groups excluding carboxylic acids is 1. The van der Waals surface area contributed by atoms with Crippen LogP contribution in [0.4, 0.5) is 0 Å². The molecule has 0 bridgehead atoms. The van der Waals surface area contributed by atoms with E-state index in [1.807, 2.05) is 11.8 Å². The Morgan fingerprint density at radius 3 is 1.17 bits per heavy atom. The Morgan fingerprint density at radius 2 is 0.829 bits per heavy atom. The Bertz CT molecular complexity index is 499. The van der Waals surface area contributed by atoms with Gasteiger partial charge in [0.05, 0.1) is 6.61 Å². The summed E-state index contributed by atoms with van der Waals surface area (Å²) in [5.41, 5.74) is 0. The zero-order chi connectivity index (χ0) is 29.9. The number of carbonyl (C=O) groups is 1. The lowest BCUT2D eigenvalue weighted by molar-refractivity contribution is -0.149. The molecule has 0 aromatic rings. The van der Waals surface area contributed by atoms with Crippen LogP contribution in [0.5, 0.6) is 0 Å². The van der Waals surface area contributed by atoms with Gasteiger partial charge in [0.25, 0.3) is 0 Å². The van der Waals surface area contributed by atoms with E-state index in [2.05, 4.69) is 13.8 Å². The van der Waals surface area contributed by atoms with E-state index in [4.69, 9.17) is 4.74 Å². The van der Waals surface area contributed by atoms with E-state index < -0.39 is 0 Å². The van der Waals surface area contributed by atoms with Crippen molar-refractivity contribution in [3.05, 3.63) is 0 Å². The van der Waals surface area contributed by atoms with Gasteiger partial charge in [0, 0.05) is 12.2 Å². The molecule has 0 aromatic carbocycles. The average Bonchev–Trinajstić information content (AvgIpc) is 2.98. The van der Waals surface area contributed by atoms with Crippen molar-refractivity contribution < 1.29 is 14.6 Å². The summed E-state index contributed by atoms with van der Waals surface area (Å²) in [6, 6.07) is 0. The number of esters is 1. The van der Waals surface area contributed by atoms with Gasteiger partial charge in [0.15, 0.2) is 0 Å². The highest BCUT2D eigenvalue weighted by molar-refractivity contribution is 7.99. The molecule has 1 unspecified atom stereocenters. The quantitative estimate of drug-likeness (QED) is 0.0582. The highest BCUT2D eigenvalue weighted by Crippen LogP contribution is 2.16. The molecule has 3 nitrogen and oxygen atoms in total. The smallest absolute Gasteiger partial charge is 0.306 e. The minimum atomic E-state index is -0.337. The van der Waals surface area contributed by atoms with Crippen molar-refractivity contribution >= 4 is 17.7 Å². The van der Waals surface area contributed by atoms with E-state index in [0.29, 0.717) is 6.42 Å². The molecule has 246 valence electrons. The normalized spacial score (nSPS) is 12.2. The van der Waals surface area contributed by atoms with E-state index >= 15 is 0 Å². The number of unbranched alkanes of at least 4 members (excludes halogenated alkanes) is 27. The Balaban J connectivity index is 3.37. The summed E-state index contributed by atoms with van der Waals surface area (Å²) in [7, 11) is 0. The fraction of sp³-hybridized carbons (Fsp3) is 0.973. The first-order valence-corrected chi connectivity index (χ1v) is 19.8. The first-order valence-electron chi connectivity index (χ1n) is 18.6. The third-order valence-corrected chi connectivity index (χ3v) is 9.62. The fourth-order valence-corrected chi connectivity index (χ4v) is 6.63. The standard InChI is InChI=1S/C37H74O3S/c1-3-5-7-9-11-13-15-17-18-19-21-23-25-27-29-31-33-41-35-36(34-38)40-37(39)32-30-28-26-24-22-20-16-14-12-10-8-6-4-2/h36,38H,3-35H2,1-2H3. The summed E-state index contributed by atoms with van der Waals surface area (Å²) in [5.74, 6) is 1.69. The van der Waals surface area contributed by atoms with E-state index in [-0.39, 0.29) is 18.7 Å². The van der Waals surface area contributed by atoms with Gasteiger partial charge in [-0.05, 0) is 18.6 Å². The van der Waals surface area contributed by atoms with Crippen molar-refractivity contribution in [3.8, 4) is 0 Å². The zero-order valence-corrected chi connectivity index (χ0v) is 28.9. The molecule has 0 amide bonds. The van der Waals surface area contributed by atoms with Crippen LogP contribution >= 0.6 is 11.8 Å². The van der Waals surface area contributed by atoms with E-state index in [0.717, 1.165) is 24.3 Å². The van der Waals surface area contributed by atoms with Crippen molar-refractivity contribution in [3.63, 3.8) is 0 Å². The maximum absolute atomic E-state index is 12.2. The van der Waals surface area contributed by atoms with Gasteiger partial charge in [0.1, 0.15) is 6.10 Å². The van der Waals surface area contributed by atoms with Crippen LogP contribution in [-0.4, -0.2) is 35.3 Å². The Morgan fingerprint density at radius 1 is 0.512 bits per heavy atom. The van der Waals surface area contributed by atoms with Crippen LogP contribution < -0.4 is 0 Å². The molecule has 0 rings (SSSR count). The van der Waals surface area contributed by atoms with Gasteiger partial charge in [-0.2, -0.15) is 11.8 Å². The molecular weight excluding hydrogens is 524 g/mol. The summed E-state index contributed by atoms with van der Waals surface area (Å²) in [5, 5.41) is 9.61. The summed E-state index contributed by atoms with van der Waals surface area (Å²) in [6.07, 6.45) is 39.5. The molecule has 4 heteroatoms. The number of aliphatic hydroxyl groups is 1. The van der Waals surface area contributed by atoms with Crippen molar-refractivity contribution in [1.29, 1.82) is 0 Å². The first-order chi connectivity index (χ1) is 20.2. The van der Waals surface area contributed by atoms with Gasteiger partial charge in [0.2, 0.25) is 0 Å². The molecular formula is C37H74O3S. The largest absolute Gasteiger partial charge is 0.459 e. The van der Waals surface area contributed by atoms with Crippen LogP contribution in [0.3, 0.4) is 0 Å². The lowest BCUT2D eigenvalue weighted by Crippen LogP contribution is -2.24. The number of thioether (sulfide) groups is 1. The van der Waals surface area contributed by atoms with Crippen LogP contribution in [-0.2, 0) is 9.53 Å². The lowest BCUT2D eigenvalue weighted by atomic mass is 10.0. The molecule has 0 spiro atoms. The molecule has 0 aliphatic heterocycles. The fourth-order valence-electron chi connectivity index (χ4n) is 5.62. The van der Waals surface area contributed by atoms with E-state index in [1.54, 1.807) is 0 Å². The molecule has 0 heterocycles. The molecule has 1 N–H and O–H groups in total. The van der Waals surface area contributed by atoms with Crippen molar-refractivity contribution in [1.82, 2.24) is 0 Å². The molecule has 0 aliphatic carbocycles. The van der Waals surface area contributed by atoms with Gasteiger partial charge in [-0.3, -0.25) is 4.79 Å². The van der Waals surface area contributed by atoms with Crippen molar-refractivity contribution in [2.45, 2.75) is 213 Å². The number of hydrogen-bond acceptors (Lipinski definition) is 4. The molecule has 0 aliphatic rings. The Hall–Kier alpha value is -0.220. The maximum atomic E-state index is 12.2. The van der Waals surface area contributed by atoms with Gasteiger partial charge < -0.3 is 9.84 Å². The molecule has 0 fully saturated rings. The van der Waals surface area contributed by atoms with Gasteiger partial charge >= 0.3 is 5.97 Å². The minimum Gasteiger partial charge on any atom is -0.459 e. The molecule has 0 radical (unpaired) electrons. The second kappa shape index (κ2) is 36.0. The number of ether oxygens (including phenoxy) is 1. The van der Waals surface area contributed by atoms with Gasteiger partial charge in [-0.15, -0.1) is 0 Å². The molecule has 1 atom stereocenters. The predicted molar refractivity (Wildman–Crippen MR) is 184 cm³/mol. The maximum Gasteiger partial charge on any atom is 0.306 e. The highest BCUT2D eigenvalue weighted by atomic mass is 32.2. The van der Waals surface area contributed by atoms with Crippen molar-refractivity contribution in [2.24, 2.45) is 0 Å². The van der Waals surface area contributed by atoms with E-state index in [1.165, 1.54) is 173 Å². The number of aliphatic hydroxyl groups excluding tert-OH is 1. The highest BCUT2D eigenvalue weighted by Gasteiger charge is 2.13. The Labute approximate surface area is 262 Å². The summed E-state index contributed by atoms with van der Waals surface area (Å²) in [6.45, 7) is 4.51. The van der Waals surface area contributed by atoms with Gasteiger partial charge in [-0.25, -0.2) is 0 Å². The molecule has 41 heavy (non-hydrogen) atoms. The second-order valence-corrected chi connectivity index (χ2v) is 13.8. The monoisotopic (exact) mass is 599 g/mol. The van der Waals surface area contributed by atoms with Crippen LogP contribution in [0.25, 0.3) is 0 Å². The third-order valence-electron chi connectivity index (χ3n) is 8.43.